The molecule has 0 radical (unpaired) electrons. The highest BCUT2D eigenvalue weighted by Crippen LogP contribution is 2.26. The number of carbonyl (C=O) groups is 1. The van der Waals surface area contributed by atoms with Crippen LogP contribution < -0.4 is 14.8 Å². The molecule has 0 saturated heterocycles. The first-order valence-corrected chi connectivity index (χ1v) is 8.30. The van der Waals surface area contributed by atoms with Crippen LogP contribution >= 0.6 is 11.6 Å². The van der Waals surface area contributed by atoms with E-state index in [-0.39, 0.29) is 5.91 Å². The molecule has 0 aliphatic carbocycles. The number of hydrogen-bond acceptors (Lipinski definition) is 3. The number of nitrogens with one attached hydrogen (secondary N) is 1. The summed E-state index contributed by atoms with van der Waals surface area (Å²) in [5.41, 5.74) is 1.20. The van der Waals surface area contributed by atoms with Crippen LogP contribution in [-0.2, 0) is 11.2 Å². The van der Waals surface area contributed by atoms with Gasteiger partial charge in [-0.25, -0.2) is 0 Å². The Morgan fingerprint density at radius 1 is 1.12 bits per heavy atom. The molecule has 1 unspecified atom stereocenters. The lowest BCUT2D eigenvalue weighted by Gasteiger charge is -2.16. The third kappa shape index (κ3) is 5.46. The van der Waals surface area contributed by atoms with Crippen molar-refractivity contribution in [1.29, 1.82) is 0 Å². The summed E-state index contributed by atoms with van der Waals surface area (Å²) < 4.78 is 10.9. The monoisotopic (exact) mass is 347 g/mol. The van der Waals surface area contributed by atoms with E-state index >= 15 is 0 Å². The molecule has 2 aromatic carbocycles. The molecule has 2 aromatic rings. The predicted octanol–water partition coefficient (Wildman–Crippen LogP) is 3.86. The molecule has 4 nitrogen and oxygen atoms in total. The van der Waals surface area contributed by atoms with Gasteiger partial charge < -0.3 is 14.8 Å². The summed E-state index contributed by atoms with van der Waals surface area (Å²) in [4.78, 5) is 12.1. The van der Waals surface area contributed by atoms with E-state index in [0.717, 1.165) is 17.9 Å². The van der Waals surface area contributed by atoms with E-state index in [4.69, 9.17) is 21.1 Å². The number of para-hydroxylation sites is 2. The highest BCUT2D eigenvalue weighted by Gasteiger charge is 2.15. The fourth-order valence-electron chi connectivity index (χ4n) is 2.26. The number of halogens is 1. The second-order valence-corrected chi connectivity index (χ2v) is 5.87. The minimum absolute atomic E-state index is 0.142. The fraction of sp³-hybridized carbons (Fsp3) is 0.316. The quantitative estimate of drug-likeness (QED) is 0.737. The van der Waals surface area contributed by atoms with E-state index in [9.17, 15) is 4.79 Å². The first-order valence-electron chi connectivity index (χ1n) is 7.92. The van der Waals surface area contributed by atoms with Gasteiger partial charge in [0.05, 0.1) is 7.11 Å². The normalized spacial score (nSPS) is 11.6. The Morgan fingerprint density at radius 2 is 1.79 bits per heavy atom. The van der Waals surface area contributed by atoms with E-state index in [1.54, 1.807) is 26.2 Å². The van der Waals surface area contributed by atoms with Gasteiger partial charge in [0.15, 0.2) is 17.6 Å². The van der Waals surface area contributed by atoms with Crippen LogP contribution in [0.15, 0.2) is 48.5 Å². The van der Waals surface area contributed by atoms with E-state index in [2.05, 4.69) is 5.32 Å². The second-order valence-electron chi connectivity index (χ2n) is 5.43. The molecule has 0 aromatic heterocycles. The number of ether oxygens (including phenoxy) is 2. The van der Waals surface area contributed by atoms with Gasteiger partial charge in [0.2, 0.25) is 0 Å². The van der Waals surface area contributed by atoms with Gasteiger partial charge in [-0.1, -0.05) is 35.9 Å². The van der Waals surface area contributed by atoms with Crippen molar-refractivity contribution in [1.82, 2.24) is 5.32 Å². The van der Waals surface area contributed by atoms with Crippen molar-refractivity contribution >= 4 is 17.5 Å². The number of benzene rings is 2. The standard InChI is InChI=1S/C19H22ClNO3/c1-14(24-18-8-4-3-7-17(18)23-2)19(22)21-13-5-6-15-9-11-16(20)12-10-15/h3-4,7-12,14H,5-6,13H2,1-2H3,(H,21,22). The Kier molecular flexibility index (Phi) is 6.94. The van der Waals surface area contributed by atoms with E-state index in [0.29, 0.717) is 18.0 Å². The van der Waals surface area contributed by atoms with Crippen LogP contribution in [0, 0.1) is 0 Å². The predicted molar refractivity (Wildman–Crippen MR) is 95.9 cm³/mol. The van der Waals surface area contributed by atoms with Gasteiger partial charge in [0.25, 0.3) is 5.91 Å². The van der Waals surface area contributed by atoms with Gasteiger partial charge in [-0.15, -0.1) is 0 Å². The van der Waals surface area contributed by atoms with Crippen molar-refractivity contribution < 1.29 is 14.3 Å². The van der Waals surface area contributed by atoms with Gasteiger partial charge in [0.1, 0.15) is 0 Å². The second kappa shape index (κ2) is 9.18. The number of rotatable bonds is 8. The largest absolute Gasteiger partial charge is 0.493 e. The summed E-state index contributed by atoms with van der Waals surface area (Å²) in [6.07, 6.45) is 1.16. The molecule has 5 heteroatoms. The molecular formula is C19H22ClNO3. The van der Waals surface area contributed by atoms with Gasteiger partial charge in [-0.2, -0.15) is 0 Å². The Morgan fingerprint density at radius 3 is 2.46 bits per heavy atom. The lowest BCUT2D eigenvalue weighted by molar-refractivity contribution is -0.127. The van der Waals surface area contributed by atoms with Gasteiger partial charge >= 0.3 is 0 Å². The third-order valence-corrected chi connectivity index (χ3v) is 3.85. The molecule has 0 aliphatic rings. The molecule has 24 heavy (non-hydrogen) atoms. The average molecular weight is 348 g/mol. The highest BCUT2D eigenvalue weighted by molar-refractivity contribution is 6.30. The average Bonchev–Trinajstić information content (AvgIpc) is 2.60. The highest BCUT2D eigenvalue weighted by atomic mass is 35.5. The van der Waals surface area contributed by atoms with Crippen LogP contribution in [0.4, 0.5) is 0 Å². The molecular weight excluding hydrogens is 326 g/mol. The zero-order valence-corrected chi connectivity index (χ0v) is 14.7. The SMILES string of the molecule is COc1ccccc1OC(C)C(=O)NCCCc1ccc(Cl)cc1. The molecule has 0 fully saturated rings. The van der Waals surface area contributed by atoms with Crippen LogP contribution in [0.3, 0.4) is 0 Å². The minimum atomic E-state index is -0.586. The van der Waals surface area contributed by atoms with E-state index in [1.807, 2.05) is 36.4 Å². The van der Waals surface area contributed by atoms with Gasteiger partial charge in [-0.3, -0.25) is 4.79 Å². The Balaban J connectivity index is 1.74. The topological polar surface area (TPSA) is 47.6 Å². The minimum Gasteiger partial charge on any atom is -0.493 e. The summed E-state index contributed by atoms with van der Waals surface area (Å²) >= 11 is 5.86. The summed E-state index contributed by atoms with van der Waals surface area (Å²) in [6.45, 7) is 2.32. The van der Waals surface area contributed by atoms with Crippen LogP contribution in [0.25, 0.3) is 0 Å². The lowest BCUT2D eigenvalue weighted by atomic mass is 10.1. The molecule has 0 aliphatic heterocycles. The summed E-state index contributed by atoms with van der Waals surface area (Å²) in [5, 5.41) is 3.62. The summed E-state index contributed by atoms with van der Waals surface area (Å²) in [7, 11) is 1.57. The molecule has 0 saturated carbocycles. The molecule has 2 rings (SSSR count). The first-order chi connectivity index (χ1) is 11.6. The van der Waals surface area contributed by atoms with Crippen molar-refractivity contribution in [3.05, 3.63) is 59.1 Å². The maximum atomic E-state index is 12.1. The van der Waals surface area contributed by atoms with Crippen LogP contribution in [0.5, 0.6) is 11.5 Å². The van der Waals surface area contributed by atoms with Crippen molar-refractivity contribution in [3.63, 3.8) is 0 Å². The smallest absolute Gasteiger partial charge is 0.260 e. The molecule has 0 heterocycles. The molecule has 1 amide bonds. The van der Waals surface area contributed by atoms with Crippen molar-refractivity contribution in [2.24, 2.45) is 0 Å². The Bertz CT molecular complexity index is 658. The number of carbonyl (C=O) groups excluding carboxylic acids is 1. The van der Waals surface area contributed by atoms with Crippen molar-refractivity contribution in [2.45, 2.75) is 25.9 Å². The Hall–Kier alpha value is -2.20. The molecule has 128 valence electrons. The summed E-state index contributed by atoms with van der Waals surface area (Å²) in [5.74, 6) is 1.03. The number of amides is 1. The van der Waals surface area contributed by atoms with Gasteiger partial charge in [-0.05, 0) is 49.6 Å². The maximum absolute atomic E-state index is 12.1. The van der Waals surface area contributed by atoms with Crippen LogP contribution in [-0.4, -0.2) is 25.7 Å². The van der Waals surface area contributed by atoms with Gasteiger partial charge in [0, 0.05) is 11.6 Å². The molecule has 1 atom stereocenters. The summed E-state index contributed by atoms with van der Waals surface area (Å²) in [6, 6.07) is 15.0. The molecule has 0 spiro atoms. The number of aryl methyl sites for hydroxylation is 1. The molecule has 1 N–H and O–H groups in total. The third-order valence-electron chi connectivity index (χ3n) is 3.60. The van der Waals surface area contributed by atoms with Crippen molar-refractivity contribution in [2.75, 3.05) is 13.7 Å². The van der Waals surface area contributed by atoms with Crippen LogP contribution in [0.1, 0.15) is 18.9 Å². The zero-order chi connectivity index (χ0) is 17.4. The number of methoxy groups -OCH3 is 1. The number of hydrogen-bond donors (Lipinski definition) is 1. The van der Waals surface area contributed by atoms with Crippen LogP contribution in [0.2, 0.25) is 5.02 Å². The molecule has 0 bridgehead atoms. The Labute approximate surface area is 147 Å². The zero-order valence-electron chi connectivity index (χ0n) is 13.9. The fourth-order valence-corrected chi connectivity index (χ4v) is 2.39. The van der Waals surface area contributed by atoms with Crippen molar-refractivity contribution in [3.8, 4) is 11.5 Å². The lowest BCUT2D eigenvalue weighted by Crippen LogP contribution is -2.37. The van der Waals surface area contributed by atoms with E-state index in [1.165, 1.54) is 5.56 Å². The van der Waals surface area contributed by atoms with E-state index < -0.39 is 6.10 Å². The first kappa shape index (κ1) is 18.1. The maximum Gasteiger partial charge on any atom is 0.260 e.